The third-order valence-corrected chi connectivity index (χ3v) is 4.49. The predicted octanol–water partition coefficient (Wildman–Crippen LogP) is 4.12. The highest BCUT2D eigenvalue weighted by Crippen LogP contribution is 2.36. The van der Waals surface area contributed by atoms with E-state index in [1.807, 2.05) is 48.5 Å². The zero-order valence-corrected chi connectivity index (χ0v) is 14.1. The van der Waals surface area contributed by atoms with Crippen molar-refractivity contribution in [1.82, 2.24) is 10.2 Å². The molecule has 2 aromatic carbocycles. The zero-order chi connectivity index (χ0) is 17.2. The van der Waals surface area contributed by atoms with Crippen molar-refractivity contribution in [2.75, 3.05) is 5.32 Å². The lowest BCUT2D eigenvalue weighted by Crippen LogP contribution is -2.22. The second kappa shape index (κ2) is 6.61. The standard InChI is InChI=1S/C19H16ClN3O2/c20-14-5-1-3-12(7-14)11-25-15-6-2-4-13(8-15)16-9-18(24)22-19-17(16)10-21-23-19/h1-8,10,16H,9,11H2,(H2,21,22,23,24). The zero-order valence-electron chi connectivity index (χ0n) is 13.3. The fourth-order valence-electron chi connectivity index (χ4n) is 3.06. The number of anilines is 1. The van der Waals surface area contributed by atoms with Crippen LogP contribution in [0.5, 0.6) is 5.75 Å². The van der Waals surface area contributed by atoms with E-state index < -0.39 is 0 Å². The molecule has 1 atom stereocenters. The summed E-state index contributed by atoms with van der Waals surface area (Å²) in [4.78, 5) is 11.9. The van der Waals surface area contributed by atoms with Crippen molar-refractivity contribution in [3.63, 3.8) is 0 Å². The Morgan fingerprint density at radius 3 is 2.96 bits per heavy atom. The molecule has 0 aliphatic carbocycles. The predicted molar refractivity (Wildman–Crippen MR) is 95.9 cm³/mol. The number of fused-ring (bicyclic) bond motifs is 1. The number of hydrogen-bond acceptors (Lipinski definition) is 3. The van der Waals surface area contributed by atoms with Crippen molar-refractivity contribution in [2.24, 2.45) is 0 Å². The van der Waals surface area contributed by atoms with Gasteiger partial charge in [0.05, 0.1) is 6.20 Å². The fourth-order valence-corrected chi connectivity index (χ4v) is 3.27. The summed E-state index contributed by atoms with van der Waals surface area (Å²) in [5.41, 5.74) is 3.03. The Morgan fingerprint density at radius 2 is 2.08 bits per heavy atom. The molecule has 5 nitrogen and oxygen atoms in total. The minimum Gasteiger partial charge on any atom is -0.489 e. The summed E-state index contributed by atoms with van der Waals surface area (Å²) >= 11 is 6.00. The van der Waals surface area contributed by atoms with E-state index in [-0.39, 0.29) is 11.8 Å². The van der Waals surface area contributed by atoms with Crippen LogP contribution in [0.15, 0.2) is 54.7 Å². The number of benzene rings is 2. The van der Waals surface area contributed by atoms with Crippen LogP contribution in [0.25, 0.3) is 0 Å². The van der Waals surface area contributed by atoms with E-state index >= 15 is 0 Å². The van der Waals surface area contributed by atoms with Crippen molar-refractivity contribution in [2.45, 2.75) is 18.9 Å². The molecule has 1 unspecified atom stereocenters. The van der Waals surface area contributed by atoms with Crippen molar-refractivity contribution in [1.29, 1.82) is 0 Å². The molecule has 0 bridgehead atoms. The highest BCUT2D eigenvalue weighted by molar-refractivity contribution is 6.30. The molecule has 4 rings (SSSR count). The summed E-state index contributed by atoms with van der Waals surface area (Å²) < 4.78 is 5.89. The lowest BCUT2D eigenvalue weighted by atomic mass is 9.87. The van der Waals surface area contributed by atoms with Crippen LogP contribution in [0.4, 0.5) is 5.82 Å². The van der Waals surface area contributed by atoms with E-state index in [0.717, 1.165) is 22.4 Å². The first-order chi connectivity index (χ1) is 12.2. The SMILES string of the molecule is O=C1CC(c2cccc(OCc3cccc(Cl)c3)c2)c2cn[nH]c2N1. The summed E-state index contributed by atoms with van der Waals surface area (Å²) in [5, 5.41) is 10.4. The van der Waals surface area contributed by atoms with E-state index in [1.165, 1.54) is 0 Å². The lowest BCUT2D eigenvalue weighted by Gasteiger charge is -2.22. The lowest BCUT2D eigenvalue weighted by molar-refractivity contribution is -0.116. The first-order valence-corrected chi connectivity index (χ1v) is 8.37. The van der Waals surface area contributed by atoms with Crippen molar-refractivity contribution < 1.29 is 9.53 Å². The Labute approximate surface area is 150 Å². The first kappa shape index (κ1) is 15.7. The molecular weight excluding hydrogens is 338 g/mol. The maximum atomic E-state index is 11.9. The highest BCUT2D eigenvalue weighted by atomic mass is 35.5. The molecule has 6 heteroatoms. The van der Waals surface area contributed by atoms with Crippen molar-refractivity contribution in [3.05, 3.63) is 76.4 Å². The van der Waals surface area contributed by atoms with Crippen LogP contribution in [-0.2, 0) is 11.4 Å². The molecule has 3 aromatic rings. The minimum absolute atomic E-state index is 0.0213. The molecule has 0 radical (unpaired) electrons. The summed E-state index contributed by atoms with van der Waals surface area (Å²) in [6.07, 6.45) is 2.16. The van der Waals surface area contributed by atoms with E-state index in [2.05, 4.69) is 15.5 Å². The molecule has 0 fully saturated rings. The second-order valence-corrected chi connectivity index (χ2v) is 6.43. The molecule has 0 saturated carbocycles. The van der Waals surface area contributed by atoms with Crippen LogP contribution in [0.1, 0.15) is 29.0 Å². The van der Waals surface area contributed by atoms with Gasteiger partial charge in [0, 0.05) is 22.9 Å². The normalized spacial score (nSPS) is 16.2. The first-order valence-electron chi connectivity index (χ1n) is 7.99. The van der Waals surface area contributed by atoms with Crippen molar-refractivity contribution in [3.8, 4) is 5.75 Å². The van der Waals surface area contributed by atoms with Gasteiger partial charge < -0.3 is 10.1 Å². The average molecular weight is 354 g/mol. The third kappa shape index (κ3) is 3.37. The minimum atomic E-state index is -0.0304. The number of nitrogens with one attached hydrogen (secondary N) is 2. The van der Waals surface area contributed by atoms with Crippen LogP contribution in [0.3, 0.4) is 0 Å². The molecule has 1 aliphatic rings. The highest BCUT2D eigenvalue weighted by Gasteiger charge is 2.28. The monoisotopic (exact) mass is 353 g/mol. The third-order valence-electron chi connectivity index (χ3n) is 4.25. The van der Waals surface area contributed by atoms with Crippen LogP contribution in [-0.4, -0.2) is 16.1 Å². The molecular formula is C19H16ClN3O2. The Kier molecular flexibility index (Phi) is 4.15. The molecule has 1 aromatic heterocycles. The number of nitrogens with zero attached hydrogens (tertiary/aromatic N) is 1. The second-order valence-electron chi connectivity index (χ2n) is 6.00. The Bertz CT molecular complexity index is 922. The number of halogens is 1. The maximum absolute atomic E-state index is 11.9. The Hall–Kier alpha value is -2.79. The Balaban J connectivity index is 1.55. The van der Waals surface area contributed by atoms with Crippen LogP contribution < -0.4 is 10.1 Å². The molecule has 0 saturated heterocycles. The number of rotatable bonds is 4. The number of hydrogen-bond donors (Lipinski definition) is 2. The van der Waals surface area contributed by atoms with Gasteiger partial charge >= 0.3 is 0 Å². The molecule has 1 amide bonds. The van der Waals surface area contributed by atoms with Gasteiger partial charge in [0.25, 0.3) is 0 Å². The van der Waals surface area contributed by atoms with Gasteiger partial charge in [0.15, 0.2) is 0 Å². The molecule has 2 heterocycles. The van der Waals surface area contributed by atoms with E-state index in [4.69, 9.17) is 16.3 Å². The molecule has 0 spiro atoms. The van der Waals surface area contributed by atoms with Gasteiger partial charge in [0.2, 0.25) is 5.91 Å². The number of aromatic nitrogens is 2. The van der Waals surface area contributed by atoms with Gasteiger partial charge in [-0.2, -0.15) is 5.10 Å². The van der Waals surface area contributed by atoms with Gasteiger partial charge in [0.1, 0.15) is 18.2 Å². The van der Waals surface area contributed by atoms with Crippen LogP contribution in [0.2, 0.25) is 5.02 Å². The molecule has 126 valence electrons. The van der Waals surface area contributed by atoms with Crippen LogP contribution in [0, 0.1) is 0 Å². The van der Waals surface area contributed by atoms with Crippen molar-refractivity contribution >= 4 is 23.3 Å². The summed E-state index contributed by atoms with van der Waals surface area (Å²) in [5.74, 6) is 1.38. The van der Waals surface area contributed by atoms with E-state index in [0.29, 0.717) is 23.9 Å². The van der Waals surface area contributed by atoms with Crippen LogP contribution >= 0.6 is 11.6 Å². The molecule has 1 aliphatic heterocycles. The van der Waals surface area contributed by atoms with Gasteiger partial charge in [-0.15, -0.1) is 0 Å². The summed E-state index contributed by atoms with van der Waals surface area (Å²) in [7, 11) is 0. The molecule has 25 heavy (non-hydrogen) atoms. The summed E-state index contributed by atoms with van der Waals surface area (Å²) in [6, 6.07) is 15.4. The smallest absolute Gasteiger partial charge is 0.226 e. The quantitative estimate of drug-likeness (QED) is 0.741. The number of ether oxygens (including phenoxy) is 1. The average Bonchev–Trinajstić information content (AvgIpc) is 3.08. The van der Waals surface area contributed by atoms with E-state index in [1.54, 1.807) is 6.20 Å². The number of carbonyl (C=O) groups excluding carboxylic acids is 1. The topological polar surface area (TPSA) is 67.0 Å². The summed E-state index contributed by atoms with van der Waals surface area (Å²) in [6.45, 7) is 0.437. The largest absolute Gasteiger partial charge is 0.489 e. The number of amides is 1. The number of aromatic amines is 1. The molecule has 2 N–H and O–H groups in total. The maximum Gasteiger partial charge on any atom is 0.226 e. The van der Waals surface area contributed by atoms with Gasteiger partial charge in [-0.05, 0) is 35.4 Å². The van der Waals surface area contributed by atoms with Gasteiger partial charge in [-0.3, -0.25) is 9.89 Å². The number of carbonyl (C=O) groups is 1. The fraction of sp³-hybridized carbons (Fsp3) is 0.158. The van der Waals surface area contributed by atoms with Gasteiger partial charge in [-0.1, -0.05) is 35.9 Å². The number of H-pyrrole nitrogens is 1. The Morgan fingerprint density at radius 1 is 1.20 bits per heavy atom. The van der Waals surface area contributed by atoms with Gasteiger partial charge in [-0.25, -0.2) is 0 Å². The van der Waals surface area contributed by atoms with E-state index in [9.17, 15) is 4.79 Å².